The maximum Gasteiger partial charge on any atom is 0.270 e. The molecule has 0 saturated carbocycles. The molecule has 148 valence electrons. The number of likely N-dealkylation sites (N-methyl/N-ethyl adjacent to an activating group) is 1. The molecule has 8 nitrogen and oxygen atoms in total. The van der Waals surface area contributed by atoms with Crippen LogP contribution in [0.1, 0.15) is 43.6 Å². The van der Waals surface area contributed by atoms with E-state index in [0.717, 1.165) is 25.9 Å². The van der Waals surface area contributed by atoms with E-state index >= 15 is 0 Å². The van der Waals surface area contributed by atoms with Crippen molar-refractivity contribution >= 4 is 17.5 Å². The summed E-state index contributed by atoms with van der Waals surface area (Å²) in [5, 5.41) is 7.70. The molecule has 3 aromatic rings. The number of nitrogens with one attached hydrogen (secondary N) is 1. The average molecular weight is 390 g/mol. The van der Waals surface area contributed by atoms with Crippen molar-refractivity contribution in [1.82, 2.24) is 24.8 Å². The highest BCUT2D eigenvalue weighted by Gasteiger charge is 2.33. The molecule has 2 aromatic heterocycles. The van der Waals surface area contributed by atoms with E-state index in [9.17, 15) is 9.59 Å². The Morgan fingerprint density at radius 2 is 1.83 bits per heavy atom. The molecule has 1 aliphatic heterocycles. The largest absolute Gasteiger partial charge is 0.365 e. The molecule has 1 fully saturated rings. The Balaban J connectivity index is 1.47. The van der Waals surface area contributed by atoms with Gasteiger partial charge in [-0.3, -0.25) is 9.59 Å². The first kappa shape index (κ1) is 17.8. The zero-order valence-corrected chi connectivity index (χ0v) is 16.1. The third kappa shape index (κ3) is 2.96. The molecule has 1 saturated heterocycles. The number of hydrogen-bond acceptors (Lipinski definition) is 5. The highest BCUT2D eigenvalue weighted by atomic mass is 16.2. The Morgan fingerprint density at radius 1 is 1.14 bits per heavy atom. The summed E-state index contributed by atoms with van der Waals surface area (Å²) in [6, 6.07) is 9.89. The molecule has 2 aliphatic rings. The smallest absolute Gasteiger partial charge is 0.270 e. The summed E-state index contributed by atoms with van der Waals surface area (Å²) in [5.74, 6) is -0.684. The van der Waals surface area contributed by atoms with Crippen LogP contribution in [-0.4, -0.2) is 57.5 Å². The topological polar surface area (TPSA) is 106 Å². The maximum atomic E-state index is 13.0. The second-order valence-electron chi connectivity index (χ2n) is 7.96. The Morgan fingerprint density at radius 3 is 2.45 bits per heavy atom. The number of rotatable bonds is 4. The number of primary amides is 1. The summed E-state index contributed by atoms with van der Waals surface area (Å²) < 4.78 is 1.46. The molecule has 0 atom stereocenters. The zero-order valence-electron chi connectivity index (χ0n) is 16.1. The number of nitrogens with two attached hydrogens (primary N) is 1. The van der Waals surface area contributed by atoms with Crippen molar-refractivity contribution in [2.45, 2.75) is 24.8 Å². The van der Waals surface area contributed by atoms with E-state index in [1.807, 2.05) is 19.2 Å². The van der Waals surface area contributed by atoms with Crippen LogP contribution in [0.25, 0.3) is 5.65 Å². The van der Waals surface area contributed by atoms with Gasteiger partial charge in [0, 0.05) is 31.2 Å². The second kappa shape index (κ2) is 6.66. The molecule has 5 rings (SSSR count). The van der Waals surface area contributed by atoms with Crippen molar-refractivity contribution < 1.29 is 9.59 Å². The van der Waals surface area contributed by atoms with Crippen molar-refractivity contribution in [3.8, 4) is 0 Å². The van der Waals surface area contributed by atoms with Crippen LogP contribution in [0.2, 0.25) is 0 Å². The van der Waals surface area contributed by atoms with Gasteiger partial charge >= 0.3 is 0 Å². The van der Waals surface area contributed by atoms with Crippen LogP contribution in [0.4, 0.5) is 0 Å². The van der Waals surface area contributed by atoms with E-state index < -0.39 is 5.91 Å². The lowest BCUT2D eigenvalue weighted by Crippen LogP contribution is -2.42. The molecule has 2 amide bonds. The SMILES string of the molecule is CN1CC(c2nn3c(C(=O)NC4Cc5ccccc5C4)ccnc3c2C(N)=O)C1. The normalized spacial score (nSPS) is 17.3. The van der Waals surface area contributed by atoms with Crippen LogP contribution in [0.5, 0.6) is 0 Å². The molecule has 0 bridgehead atoms. The number of amides is 2. The summed E-state index contributed by atoms with van der Waals surface area (Å²) in [7, 11) is 2.01. The van der Waals surface area contributed by atoms with Gasteiger partial charge in [-0.25, -0.2) is 9.50 Å². The minimum atomic E-state index is -0.569. The number of likely N-dealkylation sites (tertiary alicyclic amines) is 1. The van der Waals surface area contributed by atoms with Crippen molar-refractivity contribution in [2.24, 2.45) is 5.73 Å². The van der Waals surface area contributed by atoms with E-state index in [4.69, 9.17) is 5.73 Å². The van der Waals surface area contributed by atoms with Gasteiger partial charge in [0.1, 0.15) is 11.3 Å². The van der Waals surface area contributed by atoms with Gasteiger partial charge in [-0.1, -0.05) is 24.3 Å². The Hall–Kier alpha value is -3.26. The quantitative estimate of drug-likeness (QED) is 0.684. The highest BCUT2D eigenvalue weighted by molar-refractivity contribution is 6.01. The summed E-state index contributed by atoms with van der Waals surface area (Å²) >= 11 is 0. The molecule has 3 heterocycles. The Labute approximate surface area is 167 Å². The molecule has 0 spiro atoms. The summed E-state index contributed by atoms with van der Waals surface area (Å²) in [6.07, 6.45) is 3.14. The molecule has 8 heteroatoms. The van der Waals surface area contributed by atoms with E-state index in [1.165, 1.54) is 21.8 Å². The number of hydrogen-bond donors (Lipinski definition) is 2. The number of benzene rings is 1. The Kier molecular flexibility index (Phi) is 4.09. The minimum absolute atomic E-state index is 0.0361. The predicted octanol–water partition coefficient (Wildman–Crippen LogP) is 0.754. The third-order valence-electron chi connectivity index (χ3n) is 5.86. The van der Waals surface area contributed by atoms with Crippen LogP contribution < -0.4 is 11.1 Å². The van der Waals surface area contributed by atoms with Crippen molar-refractivity contribution in [3.63, 3.8) is 0 Å². The van der Waals surface area contributed by atoms with Gasteiger partial charge in [-0.2, -0.15) is 5.10 Å². The van der Waals surface area contributed by atoms with Gasteiger partial charge in [0.25, 0.3) is 11.8 Å². The van der Waals surface area contributed by atoms with Crippen LogP contribution >= 0.6 is 0 Å². The van der Waals surface area contributed by atoms with E-state index in [1.54, 1.807) is 6.07 Å². The molecule has 0 radical (unpaired) electrons. The monoisotopic (exact) mass is 390 g/mol. The van der Waals surface area contributed by atoms with Gasteiger partial charge in [0.2, 0.25) is 0 Å². The lowest BCUT2D eigenvalue weighted by molar-refractivity contribution is 0.0929. The van der Waals surface area contributed by atoms with Crippen molar-refractivity contribution in [2.75, 3.05) is 20.1 Å². The van der Waals surface area contributed by atoms with Gasteiger partial charge in [-0.15, -0.1) is 0 Å². The van der Waals surface area contributed by atoms with E-state index in [0.29, 0.717) is 22.6 Å². The number of nitrogens with zero attached hydrogens (tertiary/aromatic N) is 4. The second-order valence-corrected chi connectivity index (χ2v) is 7.96. The van der Waals surface area contributed by atoms with E-state index in [2.05, 4.69) is 32.4 Å². The molecule has 1 aliphatic carbocycles. The lowest BCUT2D eigenvalue weighted by Gasteiger charge is -2.35. The summed E-state index contributed by atoms with van der Waals surface area (Å²) in [6.45, 7) is 1.60. The minimum Gasteiger partial charge on any atom is -0.365 e. The van der Waals surface area contributed by atoms with Gasteiger partial charge in [-0.05, 0) is 37.1 Å². The first-order valence-electron chi connectivity index (χ1n) is 9.75. The van der Waals surface area contributed by atoms with Crippen LogP contribution in [0.15, 0.2) is 36.5 Å². The predicted molar refractivity (Wildman–Crippen MR) is 107 cm³/mol. The number of fused-ring (bicyclic) bond motifs is 2. The standard InChI is InChI=1S/C21H22N6O2/c1-26-10-14(11-26)18-17(19(22)28)20-23-7-6-16(27(20)25-18)21(29)24-15-8-12-4-2-3-5-13(12)9-15/h2-7,14-15H,8-11H2,1H3,(H2,22,28)(H,24,29). The number of carbonyl (C=O) groups excluding carboxylic acids is 2. The highest BCUT2D eigenvalue weighted by Crippen LogP contribution is 2.29. The fraction of sp³-hybridized carbons (Fsp3) is 0.333. The molecule has 3 N–H and O–H groups in total. The van der Waals surface area contributed by atoms with Crippen molar-refractivity contribution in [3.05, 3.63) is 64.6 Å². The fourth-order valence-corrected chi connectivity index (χ4v) is 4.45. The van der Waals surface area contributed by atoms with Crippen molar-refractivity contribution in [1.29, 1.82) is 0 Å². The third-order valence-corrected chi connectivity index (χ3v) is 5.86. The van der Waals surface area contributed by atoms with Gasteiger partial charge < -0.3 is 16.0 Å². The molecular weight excluding hydrogens is 368 g/mol. The van der Waals surface area contributed by atoms with Gasteiger partial charge in [0.15, 0.2) is 5.65 Å². The fourth-order valence-electron chi connectivity index (χ4n) is 4.45. The first-order valence-corrected chi connectivity index (χ1v) is 9.75. The molecule has 1 aromatic carbocycles. The van der Waals surface area contributed by atoms with Crippen LogP contribution in [-0.2, 0) is 12.8 Å². The van der Waals surface area contributed by atoms with Gasteiger partial charge in [0.05, 0.1) is 5.69 Å². The van der Waals surface area contributed by atoms with Crippen LogP contribution in [0, 0.1) is 0 Å². The molecule has 29 heavy (non-hydrogen) atoms. The molecular formula is C21H22N6O2. The van der Waals surface area contributed by atoms with E-state index in [-0.39, 0.29) is 17.9 Å². The average Bonchev–Trinajstić information content (AvgIpc) is 3.25. The number of aromatic nitrogens is 3. The summed E-state index contributed by atoms with van der Waals surface area (Å²) in [5.41, 5.74) is 9.80. The van der Waals surface area contributed by atoms with Crippen LogP contribution in [0.3, 0.4) is 0 Å². The number of carbonyl (C=O) groups is 2. The first-order chi connectivity index (χ1) is 14.0. The lowest BCUT2D eigenvalue weighted by atomic mass is 9.94. The zero-order chi connectivity index (χ0) is 20.1. The maximum absolute atomic E-state index is 13.0. The Bertz CT molecular complexity index is 1110. The summed E-state index contributed by atoms with van der Waals surface area (Å²) in [4.78, 5) is 31.6. The molecule has 0 unspecified atom stereocenters.